The molecule has 3 heteroatoms. The maximum atomic E-state index is 12.1. The normalized spacial score (nSPS) is 17.5. The number of hydrogen-bond donors (Lipinski definition) is 0. The van der Waals surface area contributed by atoms with Gasteiger partial charge in [0.15, 0.2) is 11.6 Å². The van der Waals surface area contributed by atoms with E-state index in [4.69, 9.17) is 4.74 Å². The van der Waals surface area contributed by atoms with Gasteiger partial charge in [0.05, 0.1) is 13.5 Å². The SMILES string of the molecule is COc1cccc(/C(C)=C2/C(=O)CC(=O)C2=C(C)C)c1. The van der Waals surface area contributed by atoms with Gasteiger partial charge in [0.1, 0.15) is 5.75 Å². The lowest BCUT2D eigenvalue weighted by atomic mass is 9.95. The standard InChI is InChI=1S/C17H18O3/c1-10(2)16-14(18)9-15(19)17(16)11(3)12-6-5-7-13(8-12)20-4/h5-8H,9H2,1-4H3/b17-11-. The van der Waals surface area contributed by atoms with E-state index in [1.54, 1.807) is 7.11 Å². The molecule has 1 aromatic carbocycles. The van der Waals surface area contributed by atoms with Gasteiger partial charge in [-0.15, -0.1) is 0 Å². The van der Waals surface area contributed by atoms with Crippen molar-refractivity contribution in [2.24, 2.45) is 0 Å². The van der Waals surface area contributed by atoms with E-state index in [1.807, 2.05) is 45.0 Å². The highest BCUT2D eigenvalue weighted by Gasteiger charge is 2.33. The minimum atomic E-state index is -0.0912. The summed E-state index contributed by atoms with van der Waals surface area (Å²) in [6.45, 7) is 5.61. The van der Waals surface area contributed by atoms with E-state index in [9.17, 15) is 9.59 Å². The number of allylic oxidation sites excluding steroid dienone is 4. The van der Waals surface area contributed by atoms with Crippen LogP contribution in [0.4, 0.5) is 0 Å². The van der Waals surface area contributed by atoms with E-state index in [0.29, 0.717) is 11.1 Å². The largest absolute Gasteiger partial charge is 0.497 e. The van der Waals surface area contributed by atoms with Crippen LogP contribution >= 0.6 is 0 Å². The first-order valence-electron chi connectivity index (χ1n) is 6.55. The molecule has 0 spiro atoms. The second kappa shape index (κ2) is 5.45. The molecule has 0 unspecified atom stereocenters. The van der Waals surface area contributed by atoms with Gasteiger partial charge in [0.25, 0.3) is 0 Å². The number of carbonyl (C=O) groups excluding carboxylic acids is 2. The van der Waals surface area contributed by atoms with Gasteiger partial charge in [0.2, 0.25) is 0 Å². The highest BCUT2D eigenvalue weighted by atomic mass is 16.5. The summed E-state index contributed by atoms with van der Waals surface area (Å²) in [5.74, 6) is 0.566. The third kappa shape index (κ3) is 2.44. The van der Waals surface area contributed by atoms with Crippen LogP contribution in [0, 0.1) is 0 Å². The van der Waals surface area contributed by atoms with Crippen LogP contribution in [-0.2, 0) is 9.59 Å². The second-order valence-electron chi connectivity index (χ2n) is 5.13. The Morgan fingerprint density at radius 3 is 2.30 bits per heavy atom. The van der Waals surface area contributed by atoms with E-state index in [-0.39, 0.29) is 18.0 Å². The molecule has 2 rings (SSSR count). The third-order valence-corrected chi connectivity index (χ3v) is 3.51. The molecular formula is C17H18O3. The summed E-state index contributed by atoms with van der Waals surface area (Å²) in [6.07, 6.45) is -0.0167. The molecule has 1 fully saturated rings. The van der Waals surface area contributed by atoms with Crippen LogP contribution < -0.4 is 4.74 Å². The Morgan fingerprint density at radius 2 is 1.70 bits per heavy atom. The van der Waals surface area contributed by atoms with Gasteiger partial charge in [-0.1, -0.05) is 17.7 Å². The minimum absolute atomic E-state index is 0.0167. The van der Waals surface area contributed by atoms with Crippen molar-refractivity contribution in [3.8, 4) is 5.75 Å². The molecule has 0 saturated heterocycles. The van der Waals surface area contributed by atoms with E-state index < -0.39 is 0 Å². The van der Waals surface area contributed by atoms with E-state index in [2.05, 4.69) is 0 Å². The molecule has 0 bridgehead atoms. The Bertz CT molecular complexity index is 644. The van der Waals surface area contributed by atoms with E-state index >= 15 is 0 Å². The molecule has 1 aromatic rings. The molecule has 1 aliphatic carbocycles. The van der Waals surface area contributed by atoms with Crippen molar-refractivity contribution in [2.45, 2.75) is 27.2 Å². The van der Waals surface area contributed by atoms with E-state index in [0.717, 1.165) is 22.5 Å². The van der Waals surface area contributed by atoms with Gasteiger partial charge in [0, 0.05) is 11.1 Å². The Labute approximate surface area is 118 Å². The van der Waals surface area contributed by atoms with Crippen LogP contribution in [0.1, 0.15) is 32.8 Å². The number of ether oxygens (including phenoxy) is 1. The summed E-state index contributed by atoms with van der Waals surface area (Å²) in [6, 6.07) is 7.52. The predicted molar refractivity (Wildman–Crippen MR) is 78.6 cm³/mol. The number of hydrogen-bond acceptors (Lipinski definition) is 3. The summed E-state index contributed by atoms with van der Waals surface area (Å²) >= 11 is 0. The number of benzene rings is 1. The molecule has 3 nitrogen and oxygen atoms in total. The lowest BCUT2D eigenvalue weighted by Crippen LogP contribution is -1.99. The molecule has 0 N–H and O–H groups in total. The van der Waals surface area contributed by atoms with Crippen LogP contribution in [0.15, 0.2) is 41.0 Å². The molecular weight excluding hydrogens is 252 g/mol. The summed E-state index contributed by atoms with van der Waals surface area (Å²) in [5.41, 5.74) is 3.76. The number of methoxy groups -OCH3 is 1. The molecule has 1 saturated carbocycles. The third-order valence-electron chi connectivity index (χ3n) is 3.51. The van der Waals surface area contributed by atoms with E-state index in [1.165, 1.54) is 0 Å². The summed E-state index contributed by atoms with van der Waals surface area (Å²) in [5, 5.41) is 0. The molecule has 104 valence electrons. The average Bonchev–Trinajstić information content (AvgIpc) is 2.72. The number of carbonyl (C=O) groups is 2. The number of rotatable bonds is 2. The van der Waals surface area contributed by atoms with Crippen LogP contribution in [0.5, 0.6) is 5.75 Å². The monoisotopic (exact) mass is 270 g/mol. The van der Waals surface area contributed by atoms with Crippen molar-refractivity contribution in [1.29, 1.82) is 0 Å². The summed E-state index contributed by atoms with van der Waals surface area (Å²) in [7, 11) is 1.60. The van der Waals surface area contributed by atoms with Crippen molar-refractivity contribution in [3.05, 3.63) is 46.5 Å². The molecule has 1 aliphatic rings. The van der Waals surface area contributed by atoms with Crippen LogP contribution in [0.25, 0.3) is 5.57 Å². The average molecular weight is 270 g/mol. The second-order valence-corrected chi connectivity index (χ2v) is 5.13. The number of Topliss-reactive ketones (excluding diaryl/α,β-unsaturated/α-hetero) is 2. The van der Waals surface area contributed by atoms with Crippen molar-refractivity contribution in [2.75, 3.05) is 7.11 Å². The first-order chi connectivity index (χ1) is 9.45. The molecule has 0 aliphatic heterocycles. The van der Waals surface area contributed by atoms with Crippen LogP contribution in [0.2, 0.25) is 0 Å². The summed E-state index contributed by atoms with van der Waals surface area (Å²) in [4.78, 5) is 24.1. The van der Waals surface area contributed by atoms with Gasteiger partial charge in [-0.05, 0) is 44.0 Å². The molecule has 0 heterocycles. The Hall–Kier alpha value is -2.16. The van der Waals surface area contributed by atoms with Crippen LogP contribution in [0.3, 0.4) is 0 Å². The Morgan fingerprint density at radius 1 is 1.05 bits per heavy atom. The van der Waals surface area contributed by atoms with Gasteiger partial charge >= 0.3 is 0 Å². The van der Waals surface area contributed by atoms with Gasteiger partial charge in [-0.2, -0.15) is 0 Å². The van der Waals surface area contributed by atoms with Crippen molar-refractivity contribution in [3.63, 3.8) is 0 Å². The van der Waals surface area contributed by atoms with Crippen LogP contribution in [-0.4, -0.2) is 18.7 Å². The van der Waals surface area contributed by atoms with Gasteiger partial charge in [-0.3, -0.25) is 9.59 Å². The first kappa shape index (κ1) is 14.3. The predicted octanol–water partition coefficient (Wildman–Crippen LogP) is 3.35. The maximum absolute atomic E-state index is 12.1. The fraction of sp³-hybridized carbons (Fsp3) is 0.294. The van der Waals surface area contributed by atoms with Gasteiger partial charge < -0.3 is 4.74 Å². The van der Waals surface area contributed by atoms with Crippen molar-refractivity contribution < 1.29 is 14.3 Å². The maximum Gasteiger partial charge on any atom is 0.171 e. The summed E-state index contributed by atoms with van der Waals surface area (Å²) < 4.78 is 5.20. The lowest BCUT2D eigenvalue weighted by Gasteiger charge is -2.09. The quantitative estimate of drug-likeness (QED) is 0.611. The Balaban J connectivity index is 2.63. The molecule has 0 atom stereocenters. The molecule has 0 amide bonds. The number of ketones is 2. The lowest BCUT2D eigenvalue weighted by molar-refractivity contribution is -0.120. The molecule has 20 heavy (non-hydrogen) atoms. The smallest absolute Gasteiger partial charge is 0.171 e. The topological polar surface area (TPSA) is 43.4 Å². The van der Waals surface area contributed by atoms with Gasteiger partial charge in [-0.25, -0.2) is 0 Å². The zero-order chi connectivity index (χ0) is 14.9. The minimum Gasteiger partial charge on any atom is -0.497 e. The highest BCUT2D eigenvalue weighted by molar-refractivity contribution is 6.30. The zero-order valence-corrected chi connectivity index (χ0v) is 12.2. The molecule has 0 aromatic heterocycles. The fourth-order valence-corrected chi connectivity index (χ4v) is 2.53. The molecule has 0 radical (unpaired) electrons. The highest BCUT2D eigenvalue weighted by Crippen LogP contribution is 2.34. The zero-order valence-electron chi connectivity index (χ0n) is 12.2. The Kier molecular flexibility index (Phi) is 3.89. The first-order valence-corrected chi connectivity index (χ1v) is 6.55. The van der Waals surface area contributed by atoms with Crippen molar-refractivity contribution >= 4 is 17.1 Å². The fourth-order valence-electron chi connectivity index (χ4n) is 2.53. The van der Waals surface area contributed by atoms with Crippen molar-refractivity contribution in [1.82, 2.24) is 0 Å².